The smallest absolute Gasteiger partial charge is 0.261 e. The van der Waals surface area contributed by atoms with Gasteiger partial charge in [-0.1, -0.05) is 17.8 Å². The summed E-state index contributed by atoms with van der Waals surface area (Å²) < 4.78 is 0. The summed E-state index contributed by atoms with van der Waals surface area (Å²) in [6, 6.07) is 5.60. The summed E-state index contributed by atoms with van der Waals surface area (Å²) in [6.45, 7) is 0.414. The lowest BCUT2D eigenvalue weighted by Crippen LogP contribution is -2.27. The Hall–Kier alpha value is -1.93. The van der Waals surface area contributed by atoms with Gasteiger partial charge in [0.15, 0.2) is 0 Å². The number of aromatic nitrogens is 1. The van der Waals surface area contributed by atoms with Crippen LogP contribution in [0.1, 0.15) is 31.4 Å². The molecule has 0 fully saturated rings. The molecule has 1 unspecified atom stereocenters. The van der Waals surface area contributed by atoms with Gasteiger partial charge in [0.05, 0.1) is 28.8 Å². The van der Waals surface area contributed by atoms with Crippen molar-refractivity contribution in [3.63, 3.8) is 0 Å². The maximum atomic E-state index is 12.5. The van der Waals surface area contributed by atoms with Crippen LogP contribution in [0.15, 0.2) is 44.9 Å². The molecule has 27 heavy (non-hydrogen) atoms. The minimum Gasteiger partial charge on any atom is -0.350 e. The van der Waals surface area contributed by atoms with E-state index < -0.39 is 0 Å². The number of nitrogens with one attached hydrogen (secondary N) is 1. The Bertz CT molecular complexity index is 849. The molecule has 3 aliphatic rings. The topological polar surface area (TPSA) is 83.8 Å². The summed E-state index contributed by atoms with van der Waals surface area (Å²) >= 11 is 3.08. The van der Waals surface area contributed by atoms with Crippen LogP contribution in [0.4, 0.5) is 0 Å². The fourth-order valence-electron chi connectivity index (χ4n) is 3.39. The number of rotatable bonds is 6. The van der Waals surface area contributed by atoms with E-state index in [0.29, 0.717) is 23.9 Å². The first kappa shape index (κ1) is 18.4. The zero-order chi connectivity index (χ0) is 18.6. The number of nitrogens with zero attached hydrogens (tertiary/aromatic N) is 3. The number of amidine groups is 1. The van der Waals surface area contributed by atoms with E-state index in [0.717, 1.165) is 30.0 Å². The lowest BCUT2D eigenvalue weighted by Gasteiger charge is -2.18. The van der Waals surface area contributed by atoms with Crippen LogP contribution in [0.5, 0.6) is 0 Å². The third kappa shape index (κ3) is 4.32. The van der Waals surface area contributed by atoms with Gasteiger partial charge in [-0.15, -0.1) is 11.8 Å². The predicted octanol–water partition coefficient (Wildman–Crippen LogP) is 2.96. The molecule has 0 saturated heterocycles. The van der Waals surface area contributed by atoms with Gasteiger partial charge in [0.25, 0.3) is 5.91 Å². The van der Waals surface area contributed by atoms with Crippen molar-refractivity contribution in [1.29, 1.82) is 0 Å². The van der Waals surface area contributed by atoms with Gasteiger partial charge in [0.1, 0.15) is 11.8 Å². The van der Waals surface area contributed by atoms with Crippen molar-refractivity contribution in [2.75, 3.05) is 11.5 Å². The molecule has 6 nitrogen and oxygen atoms in total. The monoisotopic (exact) mass is 400 g/mol. The molecule has 1 atom stereocenters. The Balaban J connectivity index is 1.26. The molecule has 0 radical (unpaired) electrons. The predicted molar refractivity (Wildman–Crippen MR) is 110 cm³/mol. The maximum absolute atomic E-state index is 12.5. The number of hydrogen-bond acceptors (Lipinski definition) is 6. The Kier molecular flexibility index (Phi) is 5.73. The molecule has 1 aromatic heterocycles. The number of pyridine rings is 1. The van der Waals surface area contributed by atoms with Crippen LogP contribution in [-0.4, -0.2) is 39.2 Å². The van der Waals surface area contributed by atoms with Crippen LogP contribution in [-0.2, 0) is 16.1 Å². The first-order valence-electron chi connectivity index (χ1n) is 9.05. The molecule has 2 amide bonds. The van der Waals surface area contributed by atoms with Gasteiger partial charge in [-0.05, 0) is 48.3 Å². The number of amides is 2. The van der Waals surface area contributed by atoms with E-state index in [2.05, 4.69) is 20.3 Å². The molecule has 1 N–H and O–H groups in total. The van der Waals surface area contributed by atoms with Gasteiger partial charge in [-0.3, -0.25) is 14.6 Å². The van der Waals surface area contributed by atoms with Crippen LogP contribution < -0.4 is 5.32 Å². The average Bonchev–Trinajstić information content (AvgIpc) is 3.06. The van der Waals surface area contributed by atoms with Gasteiger partial charge < -0.3 is 5.32 Å². The fraction of sp³-hybridized carbons (Fsp3) is 0.421. The lowest BCUT2D eigenvalue weighted by atomic mass is 9.89. The van der Waals surface area contributed by atoms with Gasteiger partial charge >= 0.3 is 0 Å². The van der Waals surface area contributed by atoms with Crippen molar-refractivity contribution >= 4 is 46.2 Å². The summed E-state index contributed by atoms with van der Waals surface area (Å²) in [5.41, 5.74) is 2.07. The van der Waals surface area contributed by atoms with Crippen LogP contribution in [0.3, 0.4) is 0 Å². The van der Waals surface area contributed by atoms with E-state index in [1.807, 2.05) is 18.2 Å². The Morgan fingerprint density at radius 2 is 2.15 bits per heavy atom. The van der Waals surface area contributed by atoms with Gasteiger partial charge in [0, 0.05) is 6.20 Å². The Morgan fingerprint density at radius 3 is 3.00 bits per heavy atom. The van der Waals surface area contributed by atoms with Crippen molar-refractivity contribution in [2.24, 2.45) is 15.9 Å². The molecule has 4 rings (SSSR count). The van der Waals surface area contributed by atoms with Gasteiger partial charge in [-0.2, -0.15) is 4.99 Å². The van der Waals surface area contributed by atoms with E-state index in [-0.39, 0.29) is 17.7 Å². The second-order valence-electron chi connectivity index (χ2n) is 6.60. The second kappa shape index (κ2) is 8.39. The summed E-state index contributed by atoms with van der Waals surface area (Å²) in [7, 11) is 0. The quantitative estimate of drug-likeness (QED) is 0.794. The SMILES string of the molecule is O=C(CSCC1=NC(=O)C2C(=N1)SC1=C2CCCC1)NCc1ccccn1. The normalized spacial score (nSPS) is 21.3. The average molecular weight is 401 g/mol. The van der Waals surface area contributed by atoms with E-state index in [1.165, 1.54) is 28.7 Å². The molecule has 3 heterocycles. The number of carbonyl (C=O) groups is 2. The summed E-state index contributed by atoms with van der Waals surface area (Å²) in [4.78, 5) is 38.8. The van der Waals surface area contributed by atoms with Crippen molar-refractivity contribution in [3.8, 4) is 0 Å². The number of fused-ring (bicyclic) bond motifs is 2. The molecule has 1 aromatic rings. The van der Waals surface area contributed by atoms with Crippen LogP contribution >= 0.6 is 23.5 Å². The zero-order valence-corrected chi connectivity index (χ0v) is 16.4. The standard InChI is InChI=1S/C19H20N4O2S2/c24-16(21-9-12-5-3-4-8-20-12)11-26-10-15-22-18(25)17-13-6-1-2-7-14(13)27-19(17)23-15/h3-5,8,17H,1-2,6-7,9-11H2,(H,21,24). The molecule has 8 heteroatoms. The van der Waals surface area contributed by atoms with E-state index in [9.17, 15) is 9.59 Å². The van der Waals surface area contributed by atoms with Crippen molar-refractivity contribution < 1.29 is 9.59 Å². The highest BCUT2D eigenvalue weighted by atomic mass is 32.2. The third-order valence-corrected chi connectivity index (χ3v) is 6.84. The first-order chi connectivity index (χ1) is 13.2. The minimum absolute atomic E-state index is 0.0636. The highest BCUT2D eigenvalue weighted by Crippen LogP contribution is 2.47. The molecule has 140 valence electrons. The molecule has 1 aliphatic carbocycles. The maximum Gasteiger partial charge on any atom is 0.261 e. The van der Waals surface area contributed by atoms with Crippen LogP contribution in [0.25, 0.3) is 0 Å². The zero-order valence-electron chi connectivity index (χ0n) is 14.8. The molecule has 0 saturated carbocycles. The highest BCUT2D eigenvalue weighted by Gasteiger charge is 2.40. The Labute approximate surface area is 166 Å². The van der Waals surface area contributed by atoms with Crippen molar-refractivity contribution in [2.45, 2.75) is 32.2 Å². The number of thioether (sulfide) groups is 2. The van der Waals surface area contributed by atoms with E-state index in [1.54, 1.807) is 18.0 Å². The minimum atomic E-state index is -0.222. The summed E-state index contributed by atoms with van der Waals surface area (Å²) in [6.07, 6.45) is 6.10. The second-order valence-corrected chi connectivity index (χ2v) is 8.70. The third-order valence-electron chi connectivity index (χ3n) is 4.66. The van der Waals surface area contributed by atoms with Crippen LogP contribution in [0, 0.1) is 5.92 Å². The molecule has 0 aromatic carbocycles. The first-order valence-corrected chi connectivity index (χ1v) is 11.0. The fourth-order valence-corrected chi connectivity index (χ4v) is 5.45. The Morgan fingerprint density at radius 1 is 1.26 bits per heavy atom. The largest absolute Gasteiger partial charge is 0.350 e. The number of hydrogen-bond donors (Lipinski definition) is 1. The van der Waals surface area contributed by atoms with E-state index >= 15 is 0 Å². The van der Waals surface area contributed by atoms with E-state index in [4.69, 9.17) is 0 Å². The molecular weight excluding hydrogens is 380 g/mol. The summed E-state index contributed by atoms with van der Waals surface area (Å²) in [5, 5.41) is 3.73. The van der Waals surface area contributed by atoms with Gasteiger partial charge in [0.2, 0.25) is 5.91 Å². The van der Waals surface area contributed by atoms with Crippen molar-refractivity contribution in [3.05, 3.63) is 40.6 Å². The molecular formula is C19H20N4O2S2. The molecule has 0 spiro atoms. The highest BCUT2D eigenvalue weighted by molar-refractivity contribution is 8.17. The summed E-state index contributed by atoms with van der Waals surface area (Å²) in [5.74, 6) is 0.920. The number of aliphatic imine (C=N–C) groups is 2. The van der Waals surface area contributed by atoms with Crippen molar-refractivity contribution in [1.82, 2.24) is 10.3 Å². The number of carbonyl (C=O) groups excluding carboxylic acids is 2. The number of allylic oxidation sites excluding steroid dienone is 1. The van der Waals surface area contributed by atoms with Gasteiger partial charge in [-0.25, -0.2) is 4.99 Å². The lowest BCUT2D eigenvalue weighted by molar-refractivity contribution is -0.119. The molecule has 0 bridgehead atoms. The molecule has 2 aliphatic heterocycles. The van der Waals surface area contributed by atoms with Crippen LogP contribution in [0.2, 0.25) is 0 Å².